The number of para-hydroxylation sites is 1. The number of ether oxygens (including phenoxy) is 1. The second kappa shape index (κ2) is 9.08. The molecule has 0 radical (unpaired) electrons. The molecule has 0 aliphatic heterocycles. The van der Waals surface area contributed by atoms with Crippen molar-refractivity contribution in [2.75, 3.05) is 13.2 Å². The molecule has 3 aromatic rings. The molecule has 0 aliphatic carbocycles. The van der Waals surface area contributed by atoms with Crippen LogP contribution in [0.15, 0.2) is 54.7 Å². The van der Waals surface area contributed by atoms with Crippen molar-refractivity contribution in [3.8, 4) is 5.75 Å². The highest BCUT2D eigenvalue weighted by Crippen LogP contribution is 2.21. The van der Waals surface area contributed by atoms with E-state index in [4.69, 9.17) is 9.84 Å². The van der Waals surface area contributed by atoms with Gasteiger partial charge < -0.3 is 19.7 Å². The SMILES string of the molecule is Cn1cc(CCC(=O)NCCc2ccc(OCC(=O)O)cc2)c2ccccc21. The molecule has 0 atom stereocenters. The number of fused-ring (bicyclic) bond motifs is 1. The van der Waals surface area contributed by atoms with Gasteiger partial charge in [0.25, 0.3) is 0 Å². The van der Waals surface area contributed by atoms with Crippen LogP contribution in [0.2, 0.25) is 0 Å². The maximum Gasteiger partial charge on any atom is 0.341 e. The number of nitrogens with zero attached hydrogens (tertiary/aromatic N) is 1. The number of carbonyl (C=O) groups excluding carboxylic acids is 1. The second-order valence-corrected chi connectivity index (χ2v) is 6.71. The Bertz CT molecular complexity index is 960. The van der Waals surface area contributed by atoms with Crippen LogP contribution in [-0.4, -0.2) is 34.7 Å². The van der Waals surface area contributed by atoms with Gasteiger partial charge in [0.2, 0.25) is 5.91 Å². The number of benzene rings is 2. The van der Waals surface area contributed by atoms with E-state index in [1.165, 1.54) is 16.5 Å². The molecule has 28 heavy (non-hydrogen) atoms. The predicted octanol–water partition coefficient (Wildman–Crippen LogP) is 2.93. The van der Waals surface area contributed by atoms with Gasteiger partial charge in [-0.2, -0.15) is 0 Å². The van der Waals surface area contributed by atoms with Gasteiger partial charge in [0, 0.05) is 37.1 Å². The molecule has 6 heteroatoms. The Morgan fingerprint density at radius 2 is 1.82 bits per heavy atom. The summed E-state index contributed by atoms with van der Waals surface area (Å²) in [7, 11) is 2.02. The van der Waals surface area contributed by atoms with E-state index in [1.807, 2.05) is 31.3 Å². The fourth-order valence-electron chi connectivity index (χ4n) is 3.21. The molecule has 0 bridgehead atoms. The van der Waals surface area contributed by atoms with E-state index in [0.29, 0.717) is 31.6 Å². The van der Waals surface area contributed by atoms with Gasteiger partial charge in [0.1, 0.15) is 5.75 Å². The Hall–Kier alpha value is -3.28. The lowest BCUT2D eigenvalue weighted by Gasteiger charge is -2.07. The van der Waals surface area contributed by atoms with Gasteiger partial charge in [-0.05, 0) is 42.2 Å². The fraction of sp³-hybridized carbons (Fsp3) is 0.273. The summed E-state index contributed by atoms with van der Waals surface area (Å²) < 4.78 is 7.19. The summed E-state index contributed by atoms with van der Waals surface area (Å²) in [5.41, 5.74) is 3.41. The van der Waals surface area contributed by atoms with Crippen molar-refractivity contribution in [2.45, 2.75) is 19.3 Å². The van der Waals surface area contributed by atoms with Crippen molar-refractivity contribution in [1.82, 2.24) is 9.88 Å². The lowest BCUT2D eigenvalue weighted by atomic mass is 10.1. The number of carbonyl (C=O) groups is 2. The number of carboxylic acid groups (broad SMARTS) is 1. The molecule has 1 heterocycles. The molecule has 6 nitrogen and oxygen atoms in total. The molecule has 146 valence electrons. The van der Waals surface area contributed by atoms with Gasteiger partial charge in [-0.25, -0.2) is 4.79 Å². The molecule has 0 unspecified atom stereocenters. The molecular formula is C22H24N2O4. The highest BCUT2D eigenvalue weighted by Gasteiger charge is 2.08. The number of hydrogen-bond donors (Lipinski definition) is 2. The molecular weight excluding hydrogens is 356 g/mol. The number of hydrogen-bond acceptors (Lipinski definition) is 3. The van der Waals surface area contributed by atoms with E-state index in [2.05, 4.69) is 28.2 Å². The van der Waals surface area contributed by atoms with Crippen LogP contribution in [0.25, 0.3) is 10.9 Å². The Morgan fingerprint density at radius 3 is 2.57 bits per heavy atom. The van der Waals surface area contributed by atoms with Crippen molar-refractivity contribution in [1.29, 1.82) is 0 Å². The summed E-state index contributed by atoms with van der Waals surface area (Å²) in [6.07, 6.45) is 3.96. The minimum atomic E-state index is -1.00. The van der Waals surface area contributed by atoms with Crippen LogP contribution in [0.1, 0.15) is 17.5 Å². The maximum absolute atomic E-state index is 12.2. The molecule has 1 amide bonds. The standard InChI is InChI=1S/C22H24N2O4/c1-24-14-17(19-4-2-3-5-20(19)24)8-11-21(25)23-13-12-16-6-9-18(10-7-16)28-15-22(26)27/h2-7,9-10,14H,8,11-13,15H2,1H3,(H,23,25)(H,26,27). The number of aryl methyl sites for hydroxylation is 2. The number of amides is 1. The zero-order valence-electron chi connectivity index (χ0n) is 15.9. The average molecular weight is 380 g/mol. The Morgan fingerprint density at radius 1 is 1.07 bits per heavy atom. The van der Waals surface area contributed by atoms with E-state index in [0.717, 1.165) is 5.56 Å². The minimum absolute atomic E-state index is 0.0364. The first kappa shape index (κ1) is 19.5. The summed E-state index contributed by atoms with van der Waals surface area (Å²) in [5, 5.41) is 12.8. The summed E-state index contributed by atoms with van der Waals surface area (Å²) in [6, 6.07) is 15.4. The second-order valence-electron chi connectivity index (χ2n) is 6.71. The van der Waals surface area contributed by atoms with Gasteiger partial charge in [-0.3, -0.25) is 4.79 Å². The van der Waals surface area contributed by atoms with Crippen molar-refractivity contribution in [3.63, 3.8) is 0 Å². The normalized spacial score (nSPS) is 10.8. The minimum Gasteiger partial charge on any atom is -0.482 e. The smallest absolute Gasteiger partial charge is 0.341 e. The predicted molar refractivity (Wildman–Crippen MR) is 108 cm³/mol. The molecule has 0 saturated carbocycles. The third-order valence-corrected chi connectivity index (χ3v) is 4.62. The van der Waals surface area contributed by atoms with Crippen LogP contribution in [0.3, 0.4) is 0 Å². The molecule has 0 saturated heterocycles. The van der Waals surface area contributed by atoms with Crippen molar-refractivity contribution >= 4 is 22.8 Å². The number of rotatable bonds is 9. The Balaban J connectivity index is 1.42. The third-order valence-electron chi connectivity index (χ3n) is 4.62. The van der Waals surface area contributed by atoms with Crippen LogP contribution in [0, 0.1) is 0 Å². The highest BCUT2D eigenvalue weighted by molar-refractivity contribution is 5.84. The summed E-state index contributed by atoms with van der Waals surface area (Å²) in [5.74, 6) is -0.449. The van der Waals surface area contributed by atoms with Crippen LogP contribution >= 0.6 is 0 Å². The molecule has 0 fully saturated rings. The van der Waals surface area contributed by atoms with Gasteiger partial charge >= 0.3 is 5.97 Å². The summed E-state index contributed by atoms with van der Waals surface area (Å²) >= 11 is 0. The largest absolute Gasteiger partial charge is 0.482 e. The van der Waals surface area contributed by atoms with Gasteiger partial charge in [-0.1, -0.05) is 30.3 Å². The number of aromatic nitrogens is 1. The summed E-state index contributed by atoms with van der Waals surface area (Å²) in [4.78, 5) is 22.6. The zero-order valence-corrected chi connectivity index (χ0v) is 15.9. The van der Waals surface area contributed by atoms with Crippen LogP contribution in [0.4, 0.5) is 0 Å². The van der Waals surface area contributed by atoms with Crippen molar-refractivity contribution in [2.24, 2.45) is 7.05 Å². The van der Waals surface area contributed by atoms with Gasteiger partial charge in [-0.15, -0.1) is 0 Å². The molecule has 3 rings (SSSR count). The zero-order chi connectivity index (χ0) is 19.9. The monoisotopic (exact) mass is 380 g/mol. The van der Waals surface area contributed by atoms with Crippen molar-refractivity contribution in [3.05, 3.63) is 65.9 Å². The van der Waals surface area contributed by atoms with E-state index in [1.54, 1.807) is 12.1 Å². The Kier molecular flexibility index (Phi) is 6.32. The third kappa shape index (κ3) is 5.13. The first-order valence-corrected chi connectivity index (χ1v) is 9.26. The topological polar surface area (TPSA) is 80.6 Å². The number of aliphatic carboxylic acids is 1. The number of carboxylic acids is 1. The summed E-state index contributed by atoms with van der Waals surface area (Å²) in [6.45, 7) is 0.204. The van der Waals surface area contributed by atoms with Crippen molar-refractivity contribution < 1.29 is 19.4 Å². The molecule has 0 spiro atoms. The van der Waals surface area contributed by atoms with Gasteiger partial charge in [0.15, 0.2) is 6.61 Å². The maximum atomic E-state index is 12.2. The van der Waals surface area contributed by atoms with E-state index in [9.17, 15) is 9.59 Å². The molecule has 2 aromatic carbocycles. The van der Waals surface area contributed by atoms with Crippen LogP contribution in [0.5, 0.6) is 5.75 Å². The Labute approximate surface area is 163 Å². The first-order valence-electron chi connectivity index (χ1n) is 9.26. The van der Waals surface area contributed by atoms with E-state index >= 15 is 0 Å². The average Bonchev–Trinajstić information content (AvgIpc) is 3.02. The fourth-order valence-corrected chi connectivity index (χ4v) is 3.21. The van der Waals surface area contributed by atoms with Crippen LogP contribution in [-0.2, 0) is 29.5 Å². The molecule has 0 aliphatic rings. The quantitative estimate of drug-likeness (QED) is 0.598. The number of nitrogens with one attached hydrogen (secondary N) is 1. The van der Waals surface area contributed by atoms with E-state index in [-0.39, 0.29) is 12.5 Å². The van der Waals surface area contributed by atoms with Gasteiger partial charge in [0.05, 0.1) is 0 Å². The van der Waals surface area contributed by atoms with Crippen LogP contribution < -0.4 is 10.1 Å². The highest BCUT2D eigenvalue weighted by atomic mass is 16.5. The lowest BCUT2D eigenvalue weighted by Crippen LogP contribution is -2.25. The van der Waals surface area contributed by atoms with E-state index < -0.39 is 5.97 Å². The first-order chi connectivity index (χ1) is 13.5. The molecule has 2 N–H and O–H groups in total. The molecule has 1 aromatic heterocycles. The lowest BCUT2D eigenvalue weighted by molar-refractivity contribution is -0.139.